The highest BCUT2D eigenvalue weighted by molar-refractivity contribution is 6.37. The number of hydrogen-bond acceptors (Lipinski definition) is 2. The van der Waals surface area contributed by atoms with E-state index in [1.165, 1.54) is 0 Å². The molecule has 15 heavy (non-hydrogen) atoms. The Hall–Kier alpha value is -0.150. The Labute approximate surface area is 105 Å². The molecule has 1 aliphatic rings. The molecule has 0 saturated heterocycles. The van der Waals surface area contributed by atoms with E-state index in [4.69, 9.17) is 28.9 Å². The summed E-state index contributed by atoms with van der Waals surface area (Å²) in [7, 11) is 0. The number of benzene rings is 1. The van der Waals surface area contributed by atoms with Gasteiger partial charge in [-0.1, -0.05) is 23.2 Å². The van der Waals surface area contributed by atoms with Crippen LogP contribution in [0.3, 0.4) is 0 Å². The Balaban J connectivity index is 0.00000112. The maximum Gasteiger partial charge on any atom is 0.152 e. The van der Waals surface area contributed by atoms with Crippen molar-refractivity contribution in [3.63, 3.8) is 0 Å². The van der Waals surface area contributed by atoms with Crippen molar-refractivity contribution in [2.24, 2.45) is 11.7 Å². The van der Waals surface area contributed by atoms with E-state index in [1.807, 2.05) is 0 Å². The number of hydrogen-bond donors (Lipinski definition) is 2. The van der Waals surface area contributed by atoms with Gasteiger partial charge in [0.05, 0.1) is 10.0 Å². The van der Waals surface area contributed by atoms with E-state index in [0.717, 1.165) is 18.4 Å². The minimum Gasteiger partial charge on any atom is -0.505 e. The zero-order valence-electron chi connectivity index (χ0n) is 7.91. The molecule has 0 unspecified atom stereocenters. The van der Waals surface area contributed by atoms with Gasteiger partial charge in [-0.15, -0.1) is 12.4 Å². The maximum absolute atomic E-state index is 9.36. The Morgan fingerprint density at radius 2 is 1.73 bits per heavy atom. The first-order chi connectivity index (χ1) is 6.59. The van der Waals surface area contributed by atoms with Crippen molar-refractivity contribution in [1.82, 2.24) is 0 Å². The molecule has 1 fully saturated rings. The molecule has 5 heteroatoms. The molecule has 0 bridgehead atoms. The normalized spacial score (nSPS) is 17.0. The van der Waals surface area contributed by atoms with Gasteiger partial charge in [-0.05, 0) is 36.5 Å². The Bertz CT molecular complexity index is 343. The summed E-state index contributed by atoms with van der Waals surface area (Å²) in [6, 6.07) is 3.36. The molecule has 1 aliphatic carbocycles. The third-order valence-electron chi connectivity index (χ3n) is 2.55. The van der Waals surface area contributed by atoms with Gasteiger partial charge in [-0.3, -0.25) is 0 Å². The molecule has 0 radical (unpaired) electrons. The van der Waals surface area contributed by atoms with Gasteiger partial charge in [0.1, 0.15) is 0 Å². The molecule has 0 spiro atoms. The van der Waals surface area contributed by atoms with Gasteiger partial charge in [0, 0.05) is 6.04 Å². The number of nitrogens with two attached hydrogens (primary N) is 1. The van der Waals surface area contributed by atoms with Crippen molar-refractivity contribution in [2.45, 2.75) is 18.9 Å². The van der Waals surface area contributed by atoms with Gasteiger partial charge in [0.2, 0.25) is 0 Å². The summed E-state index contributed by atoms with van der Waals surface area (Å²) in [5.74, 6) is 0.478. The summed E-state index contributed by atoms with van der Waals surface area (Å²) < 4.78 is 0. The van der Waals surface area contributed by atoms with Gasteiger partial charge in [-0.2, -0.15) is 0 Å². The topological polar surface area (TPSA) is 46.2 Å². The first kappa shape index (κ1) is 12.9. The van der Waals surface area contributed by atoms with Crippen LogP contribution in [0.5, 0.6) is 5.75 Å². The second-order valence-corrected chi connectivity index (χ2v) is 4.51. The monoisotopic (exact) mass is 267 g/mol. The van der Waals surface area contributed by atoms with Gasteiger partial charge in [0.15, 0.2) is 5.75 Å². The highest BCUT2D eigenvalue weighted by Gasteiger charge is 2.30. The fourth-order valence-electron chi connectivity index (χ4n) is 1.51. The van der Waals surface area contributed by atoms with Gasteiger partial charge >= 0.3 is 0 Å². The molecule has 1 atom stereocenters. The minimum absolute atomic E-state index is 0. The second-order valence-electron chi connectivity index (χ2n) is 3.70. The standard InChI is InChI=1S/C10H11Cl2NO.ClH/c11-7-3-6(4-8(12)10(7)14)9(13)5-1-2-5;/h3-5,9,14H,1-2,13H2;1H/t9-;/m0./s1. The molecule has 2 rings (SSSR count). The van der Waals surface area contributed by atoms with Crippen molar-refractivity contribution in [1.29, 1.82) is 0 Å². The number of phenols is 1. The molecule has 1 saturated carbocycles. The zero-order valence-corrected chi connectivity index (χ0v) is 10.2. The fraction of sp³-hybridized carbons (Fsp3) is 0.400. The zero-order chi connectivity index (χ0) is 10.3. The van der Waals surface area contributed by atoms with Gasteiger partial charge in [0.25, 0.3) is 0 Å². The van der Waals surface area contributed by atoms with Crippen LogP contribution >= 0.6 is 35.6 Å². The average Bonchev–Trinajstić information content (AvgIpc) is 2.95. The van der Waals surface area contributed by atoms with Crippen LogP contribution in [0.1, 0.15) is 24.4 Å². The molecule has 2 nitrogen and oxygen atoms in total. The number of phenolic OH excluding ortho intramolecular Hbond substituents is 1. The van der Waals surface area contributed by atoms with Gasteiger partial charge < -0.3 is 10.8 Å². The van der Waals surface area contributed by atoms with Crippen LogP contribution in [0, 0.1) is 5.92 Å². The van der Waals surface area contributed by atoms with Crippen LogP contribution in [-0.2, 0) is 0 Å². The summed E-state index contributed by atoms with van der Waals surface area (Å²) in [6.07, 6.45) is 2.33. The van der Waals surface area contributed by atoms with Crippen molar-refractivity contribution in [2.75, 3.05) is 0 Å². The lowest BCUT2D eigenvalue weighted by atomic mass is 10.0. The third-order valence-corrected chi connectivity index (χ3v) is 3.13. The SMILES string of the molecule is Cl.N[C@H](c1cc(Cl)c(O)c(Cl)c1)C1CC1. The molecule has 0 amide bonds. The molecule has 1 aromatic rings. The van der Waals surface area contributed by atoms with Crippen LogP contribution < -0.4 is 5.73 Å². The summed E-state index contributed by atoms with van der Waals surface area (Å²) in [5.41, 5.74) is 6.89. The average molecular weight is 269 g/mol. The van der Waals surface area contributed by atoms with E-state index in [9.17, 15) is 5.11 Å². The van der Waals surface area contributed by atoms with E-state index in [2.05, 4.69) is 0 Å². The predicted octanol–water partition coefficient (Wildman–Crippen LogP) is 3.53. The summed E-state index contributed by atoms with van der Waals surface area (Å²) in [4.78, 5) is 0. The largest absolute Gasteiger partial charge is 0.505 e. The summed E-state index contributed by atoms with van der Waals surface area (Å²) in [5, 5.41) is 9.90. The Kier molecular flexibility index (Phi) is 4.13. The highest BCUT2D eigenvalue weighted by Crippen LogP contribution is 2.42. The molecule has 0 aliphatic heterocycles. The van der Waals surface area contributed by atoms with Crippen molar-refractivity contribution in [3.05, 3.63) is 27.7 Å². The van der Waals surface area contributed by atoms with Crippen LogP contribution in [0.4, 0.5) is 0 Å². The lowest BCUT2D eigenvalue weighted by Gasteiger charge is -2.12. The quantitative estimate of drug-likeness (QED) is 0.862. The van der Waals surface area contributed by atoms with E-state index in [1.54, 1.807) is 12.1 Å². The van der Waals surface area contributed by atoms with Crippen LogP contribution in [-0.4, -0.2) is 5.11 Å². The second kappa shape index (κ2) is 4.79. The van der Waals surface area contributed by atoms with Crippen molar-refractivity contribution in [3.8, 4) is 5.75 Å². The van der Waals surface area contributed by atoms with E-state index in [-0.39, 0.29) is 34.2 Å². The van der Waals surface area contributed by atoms with Crippen LogP contribution in [0.15, 0.2) is 12.1 Å². The fourth-order valence-corrected chi connectivity index (χ4v) is 2.01. The molecule has 1 aromatic carbocycles. The van der Waals surface area contributed by atoms with Crippen molar-refractivity contribution < 1.29 is 5.11 Å². The first-order valence-electron chi connectivity index (χ1n) is 4.53. The molecule has 84 valence electrons. The smallest absolute Gasteiger partial charge is 0.152 e. The van der Waals surface area contributed by atoms with E-state index >= 15 is 0 Å². The predicted molar refractivity (Wildman–Crippen MR) is 65.0 cm³/mol. The number of rotatable bonds is 2. The van der Waals surface area contributed by atoms with E-state index in [0.29, 0.717) is 5.92 Å². The van der Waals surface area contributed by atoms with Gasteiger partial charge in [-0.25, -0.2) is 0 Å². The maximum atomic E-state index is 9.36. The van der Waals surface area contributed by atoms with Crippen LogP contribution in [0.25, 0.3) is 0 Å². The third kappa shape index (κ3) is 2.70. The highest BCUT2D eigenvalue weighted by atomic mass is 35.5. The van der Waals surface area contributed by atoms with Crippen LogP contribution in [0.2, 0.25) is 10.0 Å². The Morgan fingerprint density at radius 3 is 2.13 bits per heavy atom. The number of aromatic hydroxyl groups is 1. The van der Waals surface area contributed by atoms with E-state index < -0.39 is 0 Å². The summed E-state index contributed by atoms with van der Waals surface area (Å²) >= 11 is 11.6. The molecule has 0 heterocycles. The summed E-state index contributed by atoms with van der Waals surface area (Å²) in [6.45, 7) is 0. The van der Waals surface area contributed by atoms with Crippen molar-refractivity contribution >= 4 is 35.6 Å². The molecule has 3 N–H and O–H groups in total. The lowest BCUT2D eigenvalue weighted by Crippen LogP contribution is -2.12. The molecular weight excluding hydrogens is 256 g/mol. The Morgan fingerprint density at radius 1 is 1.27 bits per heavy atom. The lowest BCUT2D eigenvalue weighted by molar-refractivity contribution is 0.475. The first-order valence-corrected chi connectivity index (χ1v) is 5.28. The molecular formula is C10H12Cl3NO. The minimum atomic E-state index is -0.0694. The number of halogens is 3. The molecule has 0 aromatic heterocycles.